The zero-order valence-corrected chi connectivity index (χ0v) is 9.91. The smallest absolute Gasteiger partial charge is 0.0947 e. The topological polar surface area (TPSA) is 45.4 Å². The predicted molar refractivity (Wildman–Crippen MR) is 63.0 cm³/mol. The van der Waals surface area contributed by atoms with Crippen LogP contribution in [0.25, 0.3) is 0 Å². The van der Waals surface area contributed by atoms with Crippen molar-refractivity contribution in [2.45, 2.75) is 44.7 Å². The minimum atomic E-state index is -0.0745. The number of hydrogen-bond donors (Lipinski definition) is 2. The molecular weight excluding hydrogens is 202 g/mol. The van der Waals surface area contributed by atoms with E-state index in [1.54, 1.807) is 12.5 Å². The second-order valence-corrected chi connectivity index (χ2v) is 5.13. The molecule has 2 rings (SSSR count). The number of furan rings is 1. The van der Waals surface area contributed by atoms with E-state index in [1.165, 1.54) is 12.8 Å². The number of hydrogen-bond acceptors (Lipinski definition) is 3. The number of rotatable bonds is 4. The van der Waals surface area contributed by atoms with Crippen LogP contribution in [0.3, 0.4) is 0 Å². The fourth-order valence-corrected chi connectivity index (χ4v) is 2.70. The molecule has 1 aliphatic carbocycles. The molecule has 1 aromatic heterocycles. The summed E-state index contributed by atoms with van der Waals surface area (Å²) in [5.41, 5.74) is 1.07. The Bertz CT molecular complexity index is 310. The highest BCUT2D eigenvalue weighted by Crippen LogP contribution is 2.32. The van der Waals surface area contributed by atoms with Gasteiger partial charge in [0.25, 0.3) is 0 Å². The highest BCUT2D eigenvalue weighted by molar-refractivity contribution is 5.06. The molecule has 0 radical (unpaired) electrons. The highest BCUT2D eigenvalue weighted by Gasteiger charge is 2.33. The van der Waals surface area contributed by atoms with Crippen LogP contribution in [0, 0.1) is 5.92 Å². The maximum Gasteiger partial charge on any atom is 0.0947 e. The van der Waals surface area contributed by atoms with Crippen molar-refractivity contribution in [2.24, 2.45) is 5.92 Å². The van der Waals surface area contributed by atoms with Crippen LogP contribution in [-0.4, -0.2) is 17.3 Å². The molecule has 2 unspecified atom stereocenters. The van der Waals surface area contributed by atoms with Crippen LogP contribution in [0.4, 0.5) is 0 Å². The fraction of sp³-hybridized carbons (Fsp3) is 0.692. The SMILES string of the molecule is CC1CCCC(CO)(NCc2ccoc2)C1. The summed E-state index contributed by atoms with van der Waals surface area (Å²) in [7, 11) is 0. The molecule has 2 atom stereocenters. The molecule has 0 aromatic carbocycles. The van der Waals surface area contributed by atoms with Crippen LogP contribution in [0.1, 0.15) is 38.2 Å². The van der Waals surface area contributed by atoms with Gasteiger partial charge in [-0.05, 0) is 24.8 Å². The van der Waals surface area contributed by atoms with Gasteiger partial charge in [-0.15, -0.1) is 0 Å². The largest absolute Gasteiger partial charge is 0.472 e. The first kappa shape index (κ1) is 11.7. The molecule has 1 saturated carbocycles. The Balaban J connectivity index is 1.93. The van der Waals surface area contributed by atoms with Crippen LogP contribution in [0.2, 0.25) is 0 Å². The Labute approximate surface area is 96.8 Å². The Hall–Kier alpha value is -0.800. The van der Waals surface area contributed by atoms with E-state index >= 15 is 0 Å². The molecule has 0 saturated heterocycles. The molecule has 1 aliphatic rings. The predicted octanol–water partition coefficient (Wildman–Crippen LogP) is 2.31. The van der Waals surface area contributed by atoms with E-state index in [9.17, 15) is 5.11 Å². The van der Waals surface area contributed by atoms with Crippen molar-refractivity contribution in [2.75, 3.05) is 6.61 Å². The van der Waals surface area contributed by atoms with Gasteiger partial charge in [0.15, 0.2) is 0 Å². The standard InChI is InChI=1S/C13H21NO2/c1-11-3-2-5-13(7-11,10-15)14-8-12-4-6-16-9-12/h4,6,9,11,14-15H,2-3,5,7-8,10H2,1H3. The molecule has 1 aromatic rings. The third-order valence-electron chi connectivity index (χ3n) is 3.64. The van der Waals surface area contributed by atoms with Crippen molar-refractivity contribution < 1.29 is 9.52 Å². The van der Waals surface area contributed by atoms with Crippen molar-refractivity contribution in [3.05, 3.63) is 24.2 Å². The summed E-state index contributed by atoms with van der Waals surface area (Å²) in [6.07, 6.45) is 8.08. The van der Waals surface area contributed by atoms with E-state index in [-0.39, 0.29) is 12.1 Å². The van der Waals surface area contributed by atoms with Crippen molar-refractivity contribution in [3.63, 3.8) is 0 Å². The lowest BCUT2D eigenvalue weighted by atomic mass is 9.77. The van der Waals surface area contributed by atoms with E-state index < -0.39 is 0 Å². The zero-order valence-electron chi connectivity index (χ0n) is 9.91. The Kier molecular flexibility index (Phi) is 3.66. The van der Waals surface area contributed by atoms with Gasteiger partial charge in [0.05, 0.1) is 19.1 Å². The lowest BCUT2D eigenvalue weighted by Crippen LogP contribution is -2.51. The molecule has 0 spiro atoms. The van der Waals surface area contributed by atoms with Gasteiger partial charge in [-0.3, -0.25) is 0 Å². The molecule has 2 N–H and O–H groups in total. The Morgan fingerprint density at radius 2 is 2.50 bits per heavy atom. The van der Waals surface area contributed by atoms with Gasteiger partial charge in [0.1, 0.15) is 0 Å². The van der Waals surface area contributed by atoms with Crippen LogP contribution < -0.4 is 5.32 Å². The minimum absolute atomic E-state index is 0.0745. The van der Waals surface area contributed by atoms with Crippen molar-refractivity contribution in [1.29, 1.82) is 0 Å². The molecule has 1 fully saturated rings. The highest BCUT2D eigenvalue weighted by atomic mass is 16.3. The Morgan fingerprint density at radius 3 is 3.12 bits per heavy atom. The van der Waals surface area contributed by atoms with Gasteiger partial charge < -0.3 is 14.8 Å². The minimum Gasteiger partial charge on any atom is -0.472 e. The quantitative estimate of drug-likeness (QED) is 0.823. The van der Waals surface area contributed by atoms with Crippen LogP contribution >= 0.6 is 0 Å². The maximum atomic E-state index is 9.60. The van der Waals surface area contributed by atoms with E-state index in [1.807, 2.05) is 6.07 Å². The molecule has 90 valence electrons. The van der Waals surface area contributed by atoms with Crippen LogP contribution in [0.5, 0.6) is 0 Å². The van der Waals surface area contributed by atoms with E-state index in [2.05, 4.69) is 12.2 Å². The van der Waals surface area contributed by atoms with Crippen molar-refractivity contribution in [1.82, 2.24) is 5.32 Å². The monoisotopic (exact) mass is 223 g/mol. The lowest BCUT2D eigenvalue weighted by molar-refractivity contribution is 0.0982. The second kappa shape index (κ2) is 5.02. The lowest BCUT2D eigenvalue weighted by Gasteiger charge is -2.39. The van der Waals surface area contributed by atoms with Gasteiger partial charge in [0, 0.05) is 17.6 Å². The van der Waals surface area contributed by atoms with E-state index in [4.69, 9.17) is 4.42 Å². The fourth-order valence-electron chi connectivity index (χ4n) is 2.70. The molecule has 3 nitrogen and oxygen atoms in total. The summed E-state index contributed by atoms with van der Waals surface area (Å²) >= 11 is 0. The maximum absolute atomic E-state index is 9.60. The second-order valence-electron chi connectivity index (χ2n) is 5.13. The number of aliphatic hydroxyl groups excluding tert-OH is 1. The average molecular weight is 223 g/mol. The molecule has 0 amide bonds. The third-order valence-corrected chi connectivity index (χ3v) is 3.64. The summed E-state index contributed by atoms with van der Waals surface area (Å²) in [5, 5.41) is 13.1. The van der Waals surface area contributed by atoms with Gasteiger partial charge in [-0.1, -0.05) is 19.8 Å². The van der Waals surface area contributed by atoms with Gasteiger partial charge >= 0.3 is 0 Å². The summed E-state index contributed by atoms with van der Waals surface area (Å²) in [6.45, 7) is 3.28. The molecule has 0 bridgehead atoms. The van der Waals surface area contributed by atoms with Crippen LogP contribution in [-0.2, 0) is 6.54 Å². The van der Waals surface area contributed by atoms with Gasteiger partial charge in [0.2, 0.25) is 0 Å². The molecule has 0 aliphatic heterocycles. The van der Waals surface area contributed by atoms with Crippen LogP contribution in [0.15, 0.2) is 23.0 Å². The molecule has 3 heteroatoms. The summed E-state index contributed by atoms with van der Waals surface area (Å²) in [6, 6.07) is 1.96. The number of nitrogens with one attached hydrogen (secondary N) is 1. The molecular formula is C13H21NO2. The van der Waals surface area contributed by atoms with Crippen molar-refractivity contribution in [3.8, 4) is 0 Å². The first-order valence-electron chi connectivity index (χ1n) is 6.11. The van der Waals surface area contributed by atoms with E-state index in [0.29, 0.717) is 5.92 Å². The normalized spacial score (nSPS) is 30.5. The summed E-state index contributed by atoms with van der Waals surface area (Å²) < 4.78 is 5.04. The molecule has 1 heterocycles. The summed E-state index contributed by atoms with van der Waals surface area (Å²) in [5.74, 6) is 0.706. The third kappa shape index (κ3) is 2.66. The van der Waals surface area contributed by atoms with Crippen molar-refractivity contribution >= 4 is 0 Å². The average Bonchev–Trinajstić information content (AvgIpc) is 2.79. The summed E-state index contributed by atoms with van der Waals surface area (Å²) in [4.78, 5) is 0. The number of aliphatic hydroxyl groups is 1. The van der Waals surface area contributed by atoms with E-state index in [0.717, 1.165) is 24.9 Å². The van der Waals surface area contributed by atoms with Gasteiger partial charge in [-0.2, -0.15) is 0 Å². The first-order valence-corrected chi connectivity index (χ1v) is 6.11. The molecule has 16 heavy (non-hydrogen) atoms. The first-order chi connectivity index (χ1) is 7.74. The Morgan fingerprint density at radius 1 is 1.62 bits per heavy atom. The van der Waals surface area contributed by atoms with Gasteiger partial charge in [-0.25, -0.2) is 0 Å². The zero-order chi connectivity index (χ0) is 11.4.